The summed E-state index contributed by atoms with van der Waals surface area (Å²) in [5.74, 6) is 0. The Morgan fingerprint density at radius 1 is 1.20 bits per heavy atom. The molecule has 0 saturated carbocycles. The normalized spacial score (nSPS) is 28.5. The predicted molar refractivity (Wildman–Crippen MR) is 85.4 cm³/mol. The fourth-order valence-corrected chi connectivity index (χ4v) is 4.31. The molecule has 4 heteroatoms. The lowest BCUT2D eigenvalue weighted by molar-refractivity contribution is 0.161. The zero-order valence-electron chi connectivity index (χ0n) is 12.1. The quantitative estimate of drug-likeness (QED) is 0.896. The number of hydrogen-bond acceptors (Lipinski definition) is 2. The molecule has 1 aromatic rings. The first-order valence-corrected chi connectivity index (χ1v) is 8.65. The van der Waals surface area contributed by atoms with Crippen molar-refractivity contribution in [2.75, 3.05) is 11.6 Å². The van der Waals surface area contributed by atoms with Gasteiger partial charge in [-0.25, -0.2) is 4.79 Å². The van der Waals surface area contributed by atoms with E-state index in [1.54, 1.807) is 0 Å². The summed E-state index contributed by atoms with van der Waals surface area (Å²) in [7, 11) is 0. The Balaban J connectivity index is 1.67. The Kier molecular flexibility index (Phi) is 3.92. The minimum atomic E-state index is 0.0842. The zero-order chi connectivity index (χ0) is 14.1. The summed E-state index contributed by atoms with van der Waals surface area (Å²) in [6, 6.07) is 8.98. The van der Waals surface area contributed by atoms with E-state index < -0.39 is 0 Å². The number of aryl methyl sites for hydroxylation is 1. The summed E-state index contributed by atoms with van der Waals surface area (Å²) < 4.78 is 0. The van der Waals surface area contributed by atoms with Gasteiger partial charge in [0.25, 0.3) is 0 Å². The number of piperidine rings is 1. The van der Waals surface area contributed by atoms with Gasteiger partial charge in [0, 0.05) is 23.0 Å². The molecule has 0 aliphatic carbocycles. The van der Waals surface area contributed by atoms with Crippen LogP contribution in [0.15, 0.2) is 24.3 Å². The van der Waals surface area contributed by atoms with Gasteiger partial charge in [-0.15, -0.1) is 0 Å². The summed E-state index contributed by atoms with van der Waals surface area (Å²) in [4.78, 5) is 14.6. The highest BCUT2D eigenvalue weighted by Gasteiger charge is 2.42. The van der Waals surface area contributed by atoms with Gasteiger partial charge in [-0.05, 0) is 51.0 Å². The molecule has 2 aliphatic heterocycles. The highest BCUT2D eigenvalue weighted by Crippen LogP contribution is 2.39. The molecule has 108 valence electrons. The standard InChI is InChI=1S/C16H22N2OS/c1-11-3-5-12(6-4-11)17-16(19)18-13-7-8-14(18)10-15(9-13)20-2/h3-6,13-15H,7-10H2,1-2H3,(H,17,19). The van der Waals surface area contributed by atoms with Crippen LogP contribution in [0.3, 0.4) is 0 Å². The van der Waals surface area contributed by atoms with Crippen LogP contribution in [0, 0.1) is 6.92 Å². The highest BCUT2D eigenvalue weighted by atomic mass is 32.2. The van der Waals surface area contributed by atoms with Crippen molar-refractivity contribution in [1.29, 1.82) is 0 Å². The van der Waals surface area contributed by atoms with Crippen LogP contribution in [0.1, 0.15) is 31.2 Å². The van der Waals surface area contributed by atoms with Crippen molar-refractivity contribution in [1.82, 2.24) is 4.90 Å². The van der Waals surface area contributed by atoms with Crippen LogP contribution in [-0.4, -0.2) is 34.5 Å². The number of carbonyl (C=O) groups is 1. The van der Waals surface area contributed by atoms with Crippen LogP contribution in [0.2, 0.25) is 0 Å². The van der Waals surface area contributed by atoms with E-state index in [-0.39, 0.29) is 6.03 Å². The molecule has 2 saturated heterocycles. The maximum atomic E-state index is 12.5. The minimum Gasteiger partial charge on any atom is -0.318 e. The SMILES string of the molecule is CSC1CC2CCC(C1)N2C(=O)Nc1ccc(C)cc1. The summed E-state index contributed by atoms with van der Waals surface area (Å²) in [5, 5.41) is 3.79. The van der Waals surface area contributed by atoms with E-state index in [4.69, 9.17) is 0 Å². The summed E-state index contributed by atoms with van der Waals surface area (Å²) >= 11 is 1.95. The first-order valence-electron chi connectivity index (χ1n) is 7.36. The topological polar surface area (TPSA) is 32.3 Å². The number of hydrogen-bond donors (Lipinski definition) is 1. The van der Waals surface area contributed by atoms with Crippen LogP contribution < -0.4 is 5.32 Å². The van der Waals surface area contributed by atoms with Crippen molar-refractivity contribution < 1.29 is 4.79 Å². The lowest BCUT2D eigenvalue weighted by atomic mass is 10.0. The second-order valence-electron chi connectivity index (χ2n) is 5.92. The Bertz CT molecular complexity index is 474. The number of anilines is 1. The average molecular weight is 290 g/mol. The van der Waals surface area contributed by atoms with Gasteiger partial charge in [0.1, 0.15) is 0 Å². The van der Waals surface area contributed by atoms with Crippen molar-refractivity contribution in [3.8, 4) is 0 Å². The smallest absolute Gasteiger partial charge is 0.318 e. The number of benzene rings is 1. The molecule has 0 radical (unpaired) electrons. The van der Waals surface area contributed by atoms with Crippen LogP contribution in [0.5, 0.6) is 0 Å². The van der Waals surface area contributed by atoms with Gasteiger partial charge < -0.3 is 10.2 Å². The molecule has 1 aromatic carbocycles. The monoisotopic (exact) mass is 290 g/mol. The van der Waals surface area contributed by atoms with Gasteiger partial charge in [-0.2, -0.15) is 11.8 Å². The lowest BCUT2D eigenvalue weighted by Crippen LogP contribution is -2.49. The molecular formula is C16H22N2OS. The van der Waals surface area contributed by atoms with Crippen molar-refractivity contribution in [3.05, 3.63) is 29.8 Å². The van der Waals surface area contributed by atoms with Gasteiger partial charge in [0.2, 0.25) is 0 Å². The van der Waals surface area contributed by atoms with E-state index in [0.717, 1.165) is 23.8 Å². The molecule has 0 spiro atoms. The van der Waals surface area contributed by atoms with Gasteiger partial charge >= 0.3 is 6.03 Å². The molecule has 2 amide bonds. The Morgan fingerprint density at radius 2 is 1.80 bits per heavy atom. The Hall–Kier alpha value is -1.16. The third-order valence-electron chi connectivity index (χ3n) is 4.56. The third kappa shape index (κ3) is 2.66. The highest BCUT2D eigenvalue weighted by molar-refractivity contribution is 7.99. The number of nitrogens with one attached hydrogen (secondary N) is 1. The molecular weight excluding hydrogens is 268 g/mol. The number of thioether (sulfide) groups is 1. The molecule has 2 atom stereocenters. The fourth-order valence-electron chi connectivity index (χ4n) is 3.48. The fraction of sp³-hybridized carbons (Fsp3) is 0.562. The molecule has 1 N–H and O–H groups in total. The molecule has 2 unspecified atom stereocenters. The van der Waals surface area contributed by atoms with E-state index in [1.165, 1.54) is 18.4 Å². The largest absolute Gasteiger partial charge is 0.322 e. The molecule has 3 nitrogen and oxygen atoms in total. The number of urea groups is 1. The lowest BCUT2D eigenvalue weighted by Gasteiger charge is -2.38. The van der Waals surface area contributed by atoms with Crippen LogP contribution >= 0.6 is 11.8 Å². The summed E-state index contributed by atoms with van der Waals surface area (Å²) in [5.41, 5.74) is 2.11. The molecule has 2 fully saturated rings. The van der Waals surface area contributed by atoms with Crippen molar-refractivity contribution in [2.45, 2.75) is 49.9 Å². The molecule has 2 heterocycles. The summed E-state index contributed by atoms with van der Waals surface area (Å²) in [6.45, 7) is 2.05. The average Bonchev–Trinajstić information content (AvgIpc) is 2.72. The maximum Gasteiger partial charge on any atom is 0.322 e. The number of carbonyl (C=O) groups excluding carboxylic acids is 1. The van der Waals surface area contributed by atoms with Gasteiger partial charge in [-0.1, -0.05) is 17.7 Å². The maximum absolute atomic E-state index is 12.5. The van der Waals surface area contributed by atoms with E-state index in [2.05, 4.69) is 23.4 Å². The third-order valence-corrected chi connectivity index (χ3v) is 5.61. The van der Waals surface area contributed by atoms with Crippen molar-refractivity contribution >= 4 is 23.5 Å². The number of nitrogens with zero attached hydrogens (tertiary/aromatic N) is 1. The van der Waals surface area contributed by atoms with Crippen molar-refractivity contribution in [3.63, 3.8) is 0 Å². The molecule has 3 rings (SSSR count). The predicted octanol–water partition coefficient (Wildman–Crippen LogP) is 3.89. The van der Waals surface area contributed by atoms with Crippen LogP contribution in [-0.2, 0) is 0 Å². The van der Waals surface area contributed by atoms with Crippen LogP contribution in [0.4, 0.5) is 10.5 Å². The second-order valence-corrected chi connectivity index (χ2v) is 7.06. The number of amides is 2. The van der Waals surface area contributed by atoms with E-state index in [0.29, 0.717) is 12.1 Å². The molecule has 0 aromatic heterocycles. The molecule has 2 aliphatic rings. The molecule has 2 bridgehead atoms. The van der Waals surface area contributed by atoms with Gasteiger partial charge in [0.05, 0.1) is 0 Å². The molecule has 20 heavy (non-hydrogen) atoms. The Morgan fingerprint density at radius 3 is 2.35 bits per heavy atom. The van der Waals surface area contributed by atoms with Crippen molar-refractivity contribution in [2.24, 2.45) is 0 Å². The van der Waals surface area contributed by atoms with E-state index in [9.17, 15) is 4.79 Å². The van der Waals surface area contributed by atoms with E-state index in [1.807, 2.05) is 36.0 Å². The van der Waals surface area contributed by atoms with E-state index >= 15 is 0 Å². The Labute approximate surface area is 125 Å². The number of fused-ring (bicyclic) bond motifs is 2. The zero-order valence-corrected chi connectivity index (χ0v) is 13.0. The van der Waals surface area contributed by atoms with Gasteiger partial charge in [-0.3, -0.25) is 0 Å². The number of rotatable bonds is 2. The minimum absolute atomic E-state index is 0.0842. The second kappa shape index (κ2) is 5.68. The first-order chi connectivity index (χ1) is 9.67. The van der Waals surface area contributed by atoms with Gasteiger partial charge in [0.15, 0.2) is 0 Å². The first kappa shape index (κ1) is 13.8. The van der Waals surface area contributed by atoms with Crippen LogP contribution in [0.25, 0.3) is 0 Å². The summed E-state index contributed by atoms with van der Waals surface area (Å²) in [6.07, 6.45) is 6.83.